The average molecular weight is 390 g/mol. The predicted octanol–water partition coefficient (Wildman–Crippen LogP) is 4.62. The summed E-state index contributed by atoms with van der Waals surface area (Å²) in [4.78, 5) is 23.0. The summed E-state index contributed by atoms with van der Waals surface area (Å²) in [6.07, 6.45) is 0. The van der Waals surface area contributed by atoms with Gasteiger partial charge >= 0.3 is 11.9 Å². The molecule has 0 saturated carbocycles. The molecule has 2 N–H and O–H groups in total. The molecule has 0 spiro atoms. The molecule has 3 aromatic rings. The minimum Gasteiger partial charge on any atom is -0.464 e. The van der Waals surface area contributed by atoms with Gasteiger partial charge in [0.05, 0.1) is 16.9 Å². The van der Waals surface area contributed by atoms with Crippen molar-refractivity contribution in [3.05, 3.63) is 84.4 Å². The van der Waals surface area contributed by atoms with Crippen LogP contribution < -0.4 is 15.4 Å². The topological polar surface area (TPSA) is 76.7 Å². The number of benzene rings is 3. The number of carbonyl (C=O) groups is 2. The Balaban J connectivity index is 1.60. The van der Waals surface area contributed by atoms with Crippen LogP contribution in [-0.2, 0) is 9.53 Å². The molecule has 0 atom stereocenters. The van der Waals surface area contributed by atoms with Crippen molar-refractivity contribution < 1.29 is 19.1 Å². The highest BCUT2D eigenvalue weighted by atomic mass is 16.5. The smallest absolute Gasteiger partial charge is 0.343 e. The molecule has 0 saturated heterocycles. The molecule has 0 aliphatic heterocycles. The Kier molecular flexibility index (Phi) is 6.84. The van der Waals surface area contributed by atoms with Gasteiger partial charge in [0, 0.05) is 19.2 Å². The van der Waals surface area contributed by atoms with Crippen LogP contribution in [0, 0.1) is 0 Å². The maximum atomic E-state index is 12.1. The van der Waals surface area contributed by atoms with Crippen molar-refractivity contribution in [2.45, 2.75) is 6.92 Å². The lowest BCUT2D eigenvalue weighted by atomic mass is 10.2. The molecule has 0 aromatic heterocycles. The zero-order valence-corrected chi connectivity index (χ0v) is 16.1. The molecule has 0 aliphatic carbocycles. The van der Waals surface area contributed by atoms with E-state index in [0.29, 0.717) is 24.5 Å². The van der Waals surface area contributed by atoms with Crippen LogP contribution in [0.5, 0.6) is 5.75 Å². The van der Waals surface area contributed by atoms with Crippen LogP contribution in [0.1, 0.15) is 17.3 Å². The van der Waals surface area contributed by atoms with Crippen LogP contribution in [0.15, 0.2) is 78.9 Å². The Hall–Kier alpha value is -3.80. The van der Waals surface area contributed by atoms with E-state index in [1.54, 1.807) is 36.4 Å². The quantitative estimate of drug-likeness (QED) is 0.332. The monoisotopic (exact) mass is 390 g/mol. The summed E-state index contributed by atoms with van der Waals surface area (Å²) in [7, 11) is 0. The highest BCUT2D eigenvalue weighted by Gasteiger charge is 2.08. The summed E-state index contributed by atoms with van der Waals surface area (Å²) >= 11 is 0. The van der Waals surface area contributed by atoms with E-state index in [4.69, 9.17) is 9.47 Å². The Morgan fingerprint density at radius 1 is 0.828 bits per heavy atom. The van der Waals surface area contributed by atoms with Crippen LogP contribution in [0.2, 0.25) is 0 Å². The first kappa shape index (κ1) is 19.9. The van der Waals surface area contributed by atoms with E-state index in [2.05, 4.69) is 10.6 Å². The van der Waals surface area contributed by atoms with Crippen molar-refractivity contribution in [2.75, 3.05) is 23.8 Å². The van der Waals surface area contributed by atoms with E-state index in [0.717, 1.165) is 17.1 Å². The second-order valence-electron chi connectivity index (χ2n) is 6.22. The number of hydrogen-bond donors (Lipinski definition) is 2. The molecule has 0 fully saturated rings. The highest BCUT2D eigenvalue weighted by molar-refractivity contribution is 5.91. The Morgan fingerprint density at radius 2 is 1.48 bits per heavy atom. The Labute approximate surface area is 169 Å². The van der Waals surface area contributed by atoms with Gasteiger partial charge in [-0.3, -0.25) is 4.79 Å². The minimum absolute atomic E-state index is 0.297. The zero-order valence-electron chi connectivity index (χ0n) is 16.1. The number of nitrogens with one attached hydrogen (secondary N) is 2. The van der Waals surface area contributed by atoms with E-state index in [9.17, 15) is 9.59 Å². The third-order valence-electron chi connectivity index (χ3n) is 4.00. The van der Waals surface area contributed by atoms with Gasteiger partial charge in [0.1, 0.15) is 12.4 Å². The molecule has 0 bridgehead atoms. The lowest BCUT2D eigenvalue weighted by Gasteiger charge is -2.14. The maximum absolute atomic E-state index is 12.1. The second-order valence-corrected chi connectivity index (χ2v) is 6.22. The number of esters is 2. The van der Waals surface area contributed by atoms with Gasteiger partial charge in [0.25, 0.3) is 0 Å². The summed E-state index contributed by atoms with van der Waals surface area (Å²) in [5.41, 5.74) is 3.12. The fourth-order valence-electron chi connectivity index (χ4n) is 2.63. The van der Waals surface area contributed by atoms with Gasteiger partial charge in [-0.1, -0.05) is 30.3 Å². The molecule has 29 heavy (non-hydrogen) atoms. The fourth-order valence-corrected chi connectivity index (χ4v) is 2.63. The summed E-state index contributed by atoms with van der Waals surface area (Å²) in [5.74, 6) is -0.225. The first-order valence-corrected chi connectivity index (χ1v) is 9.22. The van der Waals surface area contributed by atoms with Gasteiger partial charge in [-0.25, -0.2) is 4.79 Å². The molecule has 3 aromatic carbocycles. The van der Waals surface area contributed by atoms with Crippen molar-refractivity contribution in [3.63, 3.8) is 0 Å². The van der Waals surface area contributed by atoms with E-state index < -0.39 is 5.97 Å². The van der Waals surface area contributed by atoms with Crippen molar-refractivity contribution in [1.29, 1.82) is 0 Å². The highest BCUT2D eigenvalue weighted by Crippen LogP contribution is 2.26. The lowest BCUT2D eigenvalue weighted by Crippen LogP contribution is -2.12. The van der Waals surface area contributed by atoms with Gasteiger partial charge in [-0.15, -0.1) is 0 Å². The average Bonchev–Trinajstić information content (AvgIpc) is 2.74. The molecule has 148 valence electrons. The Bertz CT molecular complexity index is 956. The van der Waals surface area contributed by atoms with Crippen LogP contribution >= 0.6 is 0 Å². The van der Waals surface area contributed by atoms with Crippen LogP contribution in [0.3, 0.4) is 0 Å². The summed E-state index contributed by atoms with van der Waals surface area (Å²) in [6, 6.07) is 23.7. The van der Waals surface area contributed by atoms with Crippen molar-refractivity contribution in [1.82, 2.24) is 0 Å². The normalized spacial score (nSPS) is 10.1. The standard InChI is InChI=1S/C23H22N2O4/c1-17(26)28-16-15-24-21-9-5-6-10-22(21)25-19-11-13-20(14-12-19)29-23(27)18-7-3-2-4-8-18/h2-14,24-25H,15-16H2,1H3. The molecule has 0 heterocycles. The summed E-state index contributed by atoms with van der Waals surface area (Å²) in [6.45, 7) is 2.19. The number of ether oxygens (including phenoxy) is 2. The lowest BCUT2D eigenvalue weighted by molar-refractivity contribution is -0.140. The van der Waals surface area contributed by atoms with Crippen molar-refractivity contribution >= 4 is 29.0 Å². The van der Waals surface area contributed by atoms with Crippen molar-refractivity contribution in [3.8, 4) is 5.75 Å². The molecule has 0 aliphatic rings. The summed E-state index contributed by atoms with van der Waals surface area (Å²) < 4.78 is 10.3. The largest absolute Gasteiger partial charge is 0.464 e. The molecule has 6 nitrogen and oxygen atoms in total. The Morgan fingerprint density at radius 3 is 2.17 bits per heavy atom. The maximum Gasteiger partial charge on any atom is 0.343 e. The van der Waals surface area contributed by atoms with Gasteiger partial charge in [0.2, 0.25) is 0 Å². The molecule has 0 radical (unpaired) electrons. The number of carbonyl (C=O) groups excluding carboxylic acids is 2. The fraction of sp³-hybridized carbons (Fsp3) is 0.130. The third-order valence-corrected chi connectivity index (χ3v) is 4.00. The van der Waals surface area contributed by atoms with E-state index in [1.807, 2.05) is 42.5 Å². The van der Waals surface area contributed by atoms with Gasteiger partial charge in [-0.2, -0.15) is 0 Å². The number of anilines is 3. The molecular formula is C23H22N2O4. The second kappa shape index (κ2) is 9.94. The van der Waals surface area contributed by atoms with E-state index >= 15 is 0 Å². The molecule has 0 unspecified atom stereocenters. The summed E-state index contributed by atoms with van der Waals surface area (Å²) in [5, 5.41) is 6.56. The number of rotatable bonds is 8. The minimum atomic E-state index is -0.395. The molecule has 3 rings (SSSR count). The van der Waals surface area contributed by atoms with E-state index in [-0.39, 0.29) is 5.97 Å². The van der Waals surface area contributed by atoms with Crippen LogP contribution in [0.25, 0.3) is 0 Å². The molecule has 0 amide bonds. The first-order valence-electron chi connectivity index (χ1n) is 9.22. The van der Waals surface area contributed by atoms with Gasteiger partial charge in [-0.05, 0) is 48.5 Å². The van der Waals surface area contributed by atoms with Crippen LogP contribution in [-0.4, -0.2) is 25.1 Å². The van der Waals surface area contributed by atoms with E-state index in [1.165, 1.54) is 6.92 Å². The van der Waals surface area contributed by atoms with Gasteiger partial charge < -0.3 is 20.1 Å². The van der Waals surface area contributed by atoms with Gasteiger partial charge in [0.15, 0.2) is 0 Å². The number of para-hydroxylation sites is 2. The zero-order chi connectivity index (χ0) is 20.5. The first-order chi connectivity index (χ1) is 14.1. The molecule has 6 heteroatoms. The third kappa shape index (κ3) is 6.10. The van der Waals surface area contributed by atoms with Crippen LogP contribution in [0.4, 0.5) is 17.1 Å². The predicted molar refractivity (Wildman–Crippen MR) is 113 cm³/mol. The van der Waals surface area contributed by atoms with Crippen molar-refractivity contribution in [2.24, 2.45) is 0 Å². The SMILES string of the molecule is CC(=O)OCCNc1ccccc1Nc1ccc(OC(=O)c2ccccc2)cc1. The number of hydrogen-bond acceptors (Lipinski definition) is 6. The molecular weight excluding hydrogens is 368 g/mol.